The maximum Gasteiger partial charge on any atom is 0.241 e. The Bertz CT molecular complexity index is 649. The highest BCUT2D eigenvalue weighted by molar-refractivity contribution is 7.89. The van der Waals surface area contributed by atoms with Gasteiger partial charge in [-0.1, -0.05) is 24.0 Å². The maximum absolute atomic E-state index is 12.5. The summed E-state index contributed by atoms with van der Waals surface area (Å²) in [6.07, 6.45) is 2.81. The molecule has 1 fully saturated rings. The van der Waals surface area contributed by atoms with Gasteiger partial charge in [-0.05, 0) is 31.4 Å². The highest BCUT2D eigenvalue weighted by Gasteiger charge is 2.38. The minimum absolute atomic E-state index is 0.177. The summed E-state index contributed by atoms with van der Waals surface area (Å²) in [6.45, 7) is 0.471. The summed E-state index contributed by atoms with van der Waals surface area (Å²) in [5.41, 5.74) is 5.44. The van der Waals surface area contributed by atoms with Gasteiger partial charge in [0.05, 0.1) is 17.0 Å². The fraction of sp³-hybridized carbons (Fsp3) is 0.467. The summed E-state index contributed by atoms with van der Waals surface area (Å²) in [7, 11) is -1.99. The van der Waals surface area contributed by atoms with E-state index in [0.717, 1.165) is 19.3 Å². The van der Waals surface area contributed by atoms with Crippen LogP contribution in [0.2, 0.25) is 0 Å². The van der Waals surface area contributed by atoms with Crippen molar-refractivity contribution >= 4 is 10.0 Å². The number of sulfonamides is 1. The van der Waals surface area contributed by atoms with Crippen LogP contribution in [0, 0.1) is 11.8 Å². The zero-order chi connectivity index (χ0) is 15.3. The molecule has 0 heterocycles. The second-order valence-corrected chi connectivity index (χ2v) is 6.80. The number of hydrogen-bond donors (Lipinski definition) is 2. The Morgan fingerprint density at radius 1 is 1.38 bits per heavy atom. The lowest BCUT2D eigenvalue weighted by molar-refractivity contribution is -0.0659. The first kappa shape index (κ1) is 16.0. The largest absolute Gasteiger partial charge is 0.377 e. The Morgan fingerprint density at radius 3 is 2.67 bits per heavy atom. The van der Waals surface area contributed by atoms with Crippen LogP contribution >= 0.6 is 0 Å². The fourth-order valence-electron chi connectivity index (χ4n) is 2.28. The number of benzene rings is 1. The Labute approximate surface area is 125 Å². The molecule has 3 N–H and O–H groups in total. The van der Waals surface area contributed by atoms with Crippen molar-refractivity contribution in [1.29, 1.82) is 0 Å². The summed E-state index contributed by atoms with van der Waals surface area (Å²) in [5, 5.41) is 0. The van der Waals surface area contributed by atoms with E-state index in [1.165, 1.54) is 0 Å². The molecule has 1 aromatic rings. The molecular weight excluding hydrogens is 288 g/mol. The minimum atomic E-state index is -3.61. The average Bonchev–Trinajstić information content (AvgIpc) is 2.44. The summed E-state index contributed by atoms with van der Waals surface area (Å²) < 4.78 is 33.0. The van der Waals surface area contributed by atoms with Crippen molar-refractivity contribution < 1.29 is 13.2 Å². The molecule has 5 nitrogen and oxygen atoms in total. The quantitative estimate of drug-likeness (QED) is 0.790. The Morgan fingerprint density at radius 2 is 2.10 bits per heavy atom. The highest BCUT2D eigenvalue weighted by atomic mass is 32.2. The normalized spacial score (nSPS) is 16.7. The van der Waals surface area contributed by atoms with E-state index in [0.29, 0.717) is 5.56 Å². The molecule has 114 valence electrons. The van der Waals surface area contributed by atoms with E-state index in [1.807, 2.05) is 0 Å². The number of hydrogen-bond acceptors (Lipinski definition) is 4. The van der Waals surface area contributed by atoms with Crippen molar-refractivity contribution in [3.05, 3.63) is 29.8 Å². The Kier molecular flexibility index (Phi) is 5.01. The minimum Gasteiger partial charge on any atom is -0.377 e. The van der Waals surface area contributed by atoms with Crippen LogP contribution in [0.5, 0.6) is 0 Å². The molecule has 0 spiro atoms. The van der Waals surface area contributed by atoms with Gasteiger partial charge in [-0.25, -0.2) is 13.1 Å². The molecule has 2 rings (SSSR count). The number of nitrogens with two attached hydrogens (primary N) is 1. The molecule has 0 atom stereocenters. The van der Waals surface area contributed by atoms with E-state index >= 15 is 0 Å². The van der Waals surface area contributed by atoms with Crippen molar-refractivity contribution in [2.24, 2.45) is 5.73 Å². The van der Waals surface area contributed by atoms with Crippen LogP contribution in [-0.4, -0.2) is 34.2 Å². The molecular formula is C15H20N2O3S. The maximum atomic E-state index is 12.5. The standard InChI is InChI=1S/C15H20N2O3S/c1-20-15(9-5-10-15)12-17-21(18,19)14-8-3-2-6-13(14)7-4-11-16/h2-3,6,8,17H,5,9-12,16H2,1H3. The average molecular weight is 308 g/mol. The second kappa shape index (κ2) is 6.58. The molecule has 21 heavy (non-hydrogen) atoms. The van der Waals surface area contributed by atoms with Gasteiger partial charge in [0.2, 0.25) is 10.0 Å². The smallest absolute Gasteiger partial charge is 0.241 e. The van der Waals surface area contributed by atoms with Crippen LogP contribution in [0.1, 0.15) is 24.8 Å². The van der Waals surface area contributed by atoms with Gasteiger partial charge in [-0.3, -0.25) is 0 Å². The molecule has 0 amide bonds. The lowest BCUT2D eigenvalue weighted by atomic mass is 9.80. The number of rotatable bonds is 5. The summed E-state index contributed by atoms with van der Waals surface area (Å²) in [4.78, 5) is 0.177. The van der Waals surface area contributed by atoms with Gasteiger partial charge in [0.1, 0.15) is 0 Å². The van der Waals surface area contributed by atoms with Gasteiger partial charge < -0.3 is 10.5 Å². The number of nitrogens with one attached hydrogen (secondary N) is 1. The van der Waals surface area contributed by atoms with Gasteiger partial charge >= 0.3 is 0 Å². The third-order valence-corrected chi connectivity index (χ3v) is 5.24. The van der Waals surface area contributed by atoms with Gasteiger partial charge in [0, 0.05) is 19.2 Å². The summed E-state index contributed by atoms with van der Waals surface area (Å²) in [5.74, 6) is 5.48. The van der Waals surface area contributed by atoms with Crippen LogP contribution in [0.25, 0.3) is 0 Å². The Hall–Kier alpha value is -1.39. The van der Waals surface area contributed by atoms with E-state index in [4.69, 9.17) is 10.5 Å². The van der Waals surface area contributed by atoms with Crippen molar-refractivity contribution in [2.45, 2.75) is 29.8 Å². The highest BCUT2D eigenvalue weighted by Crippen LogP contribution is 2.34. The van der Waals surface area contributed by atoms with Crippen molar-refractivity contribution in [2.75, 3.05) is 20.2 Å². The van der Waals surface area contributed by atoms with Gasteiger partial charge in [0.15, 0.2) is 0 Å². The monoisotopic (exact) mass is 308 g/mol. The molecule has 0 saturated heterocycles. The van der Waals surface area contributed by atoms with Crippen LogP contribution in [0.4, 0.5) is 0 Å². The topological polar surface area (TPSA) is 81.4 Å². The predicted molar refractivity (Wildman–Crippen MR) is 81.2 cm³/mol. The molecule has 0 aliphatic heterocycles. The zero-order valence-corrected chi connectivity index (χ0v) is 12.9. The molecule has 1 aromatic carbocycles. The molecule has 1 aliphatic rings. The SMILES string of the molecule is COC1(CNS(=O)(=O)c2ccccc2C#CCN)CCC1. The predicted octanol–water partition coefficient (Wildman–Crippen LogP) is 0.844. The number of methoxy groups -OCH3 is 1. The number of ether oxygens (including phenoxy) is 1. The van der Waals surface area contributed by atoms with Gasteiger partial charge in [-0.2, -0.15) is 0 Å². The van der Waals surface area contributed by atoms with Gasteiger partial charge in [-0.15, -0.1) is 0 Å². The molecule has 1 aliphatic carbocycles. The van der Waals surface area contributed by atoms with E-state index in [2.05, 4.69) is 16.6 Å². The van der Waals surface area contributed by atoms with Crippen LogP contribution in [0.15, 0.2) is 29.2 Å². The van der Waals surface area contributed by atoms with E-state index in [-0.39, 0.29) is 23.6 Å². The second-order valence-electron chi connectivity index (χ2n) is 5.07. The Balaban J connectivity index is 2.20. The van der Waals surface area contributed by atoms with Crippen LogP contribution < -0.4 is 10.5 Å². The summed E-state index contributed by atoms with van der Waals surface area (Å²) in [6, 6.07) is 6.65. The van der Waals surface area contributed by atoms with E-state index in [9.17, 15) is 8.42 Å². The molecule has 0 aromatic heterocycles. The molecule has 1 saturated carbocycles. The zero-order valence-electron chi connectivity index (χ0n) is 12.1. The van der Waals surface area contributed by atoms with Crippen molar-refractivity contribution in [3.63, 3.8) is 0 Å². The molecule has 0 radical (unpaired) electrons. The summed E-state index contributed by atoms with van der Waals surface area (Å²) >= 11 is 0. The lowest BCUT2D eigenvalue weighted by Crippen LogP contribution is -2.49. The first-order chi connectivity index (χ1) is 10.0. The first-order valence-corrected chi connectivity index (χ1v) is 8.34. The lowest BCUT2D eigenvalue weighted by Gasteiger charge is -2.40. The van der Waals surface area contributed by atoms with Crippen LogP contribution in [-0.2, 0) is 14.8 Å². The molecule has 0 bridgehead atoms. The molecule has 6 heteroatoms. The fourth-order valence-corrected chi connectivity index (χ4v) is 3.55. The van der Waals surface area contributed by atoms with Crippen molar-refractivity contribution in [1.82, 2.24) is 4.72 Å². The third kappa shape index (κ3) is 3.63. The van der Waals surface area contributed by atoms with E-state index in [1.54, 1.807) is 31.4 Å². The van der Waals surface area contributed by atoms with E-state index < -0.39 is 10.0 Å². The van der Waals surface area contributed by atoms with Crippen LogP contribution in [0.3, 0.4) is 0 Å². The third-order valence-electron chi connectivity index (χ3n) is 3.78. The molecule has 0 unspecified atom stereocenters. The van der Waals surface area contributed by atoms with Gasteiger partial charge in [0.25, 0.3) is 0 Å². The first-order valence-electron chi connectivity index (χ1n) is 6.86. The van der Waals surface area contributed by atoms with Crippen molar-refractivity contribution in [3.8, 4) is 11.8 Å².